The summed E-state index contributed by atoms with van der Waals surface area (Å²) >= 11 is 1.64. The first-order chi connectivity index (χ1) is 12.6. The van der Waals surface area contributed by atoms with Gasteiger partial charge in [-0.05, 0) is 37.1 Å². The number of nitrogens with zero attached hydrogens (tertiary/aromatic N) is 2. The van der Waals surface area contributed by atoms with E-state index >= 15 is 0 Å². The van der Waals surface area contributed by atoms with Crippen LogP contribution in [0.3, 0.4) is 0 Å². The SMILES string of the molecule is CCN(CC)C(=O)c1ccc([C@H]2SCC(=O)N2Cc2ccccc2)cc1. The molecule has 2 amide bonds. The van der Waals surface area contributed by atoms with E-state index in [9.17, 15) is 9.59 Å². The van der Waals surface area contributed by atoms with Crippen molar-refractivity contribution in [3.05, 3.63) is 71.3 Å². The predicted molar refractivity (Wildman–Crippen MR) is 106 cm³/mol. The molecule has 0 aromatic heterocycles. The molecule has 136 valence electrons. The van der Waals surface area contributed by atoms with E-state index in [0.717, 1.165) is 11.1 Å². The van der Waals surface area contributed by atoms with Crippen molar-refractivity contribution in [2.75, 3.05) is 18.8 Å². The molecule has 0 unspecified atom stereocenters. The van der Waals surface area contributed by atoms with Gasteiger partial charge in [-0.2, -0.15) is 0 Å². The average Bonchev–Trinajstić information content (AvgIpc) is 3.04. The van der Waals surface area contributed by atoms with E-state index in [0.29, 0.717) is 31.0 Å². The summed E-state index contributed by atoms with van der Waals surface area (Å²) in [5.74, 6) is 0.711. The summed E-state index contributed by atoms with van der Waals surface area (Å²) in [7, 11) is 0. The Balaban J connectivity index is 1.77. The quantitative estimate of drug-likeness (QED) is 0.775. The smallest absolute Gasteiger partial charge is 0.253 e. The van der Waals surface area contributed by atoms with Gasteiger partial charge in [0.1, 0.15) is 5.37 Å². The zero-order chi connectivity index (χ0) is 18.5. The molecule has 0 N–H and O–H groups in total. The van der Waals surface area contributed by atoms with Gasteiger partial charge in [-0.25, -0.2) is 0 Å². The third-order valence-electron chi connectivity index (χ3n) is 4.66. The molecule has 1 fully saturated rings. The summed E-state index contributed by atoms with van der Waals surface area (Å²) in [6.45, 7) is 5.98. The highest BCUT2D eigenvalue weighted by molar-refractivity contribution is 8.00. The summed E-state index contributed by atoms with van der Waals surface area (Å²) in [5, 5.41) is 0.000288. The van der Waals surface area contributed by atoms with Crippen molar-refractivity contribution in [2.45, 2.75) is 25.8 Å². The van der Waals surface area contributed by atoms with Crippen LogP contribution in [-0.4, -0.2) is 40.5 Å². The molecule has 2 aromatic carbocycles. The molecule has 3 rings (SSSR count). The molecular formula is C21H24N2O2S. The van der Waals surface area contributed by atoms with Gasteiger partial charge in [0, 0.05) is 25.2 Å². The fourth-order valence-electron chi connectivity index (χ4n) is 3.16. The zero-order valence-electron chi connectivity index (χ0n) is 15.2. The van der Waals surface area contributed by atoms with E-state index < -0.39 is 0 Å². The van der Waals surface area contributed by atoms with Gasteiger partial charge < -0.3 is 9.80 Å². The van der Waals surface area contributed by atoms with Crippen LogP contribution >= 0.6 is 11.8 Å². The molecule has 0 radical (unpaired) electrons. The van der Waals surface area contributed by atoms with Gasteiger partial charge in [0.2, 0.25) is 5.91 Å². The van der Waals surface area contributed by atoms with Crippen molar-refractivity contribution in [1.29, 1.82) is 0 Å². The van der Waals surface area contributed by atoms with Crippen LogP contribution in [0.15, 0.2) is 54.6 Å². The minimum absolute atomic E-state index is 0.000288. The molecule has 26 heavy (non-hydrogen) atoms. The molecule has 0 spiro atoms. The predicted octanol–water partition coefficient (Wildman–Crippen LogP) is 3.94. The molecule has 0 saturated carbocycles. The molecule has 4 nitrogen and oxygen atoms in total. The van der Waals surface area contributed by atoms with Crippen LogP contribution in [-0.2, 0) is 11.3 Å². The second-order valence-corrected chi connectivity index (χ2v) is 7.34. The minimum atomic E-state index is 0.000288. The molecule has 5 heteroatoms. The van der Waals surface area contributed by atoms with Crippen molar-refractivity contribution in [3.8, 4) is 0 Å². The number of amides is 2. The van der Waals surface area contributed by atoms with Gasteiger partial charge in [-0.15, -0.1) is 11.8 Å². The second-order valence-electron chi connectivity index (χ2n) is 6.27. The Labute approximate surface area is 159 Å². The van der Waals surface area contributed by atoms with E-state index in [4.69, 9.17) is 0 Å². The lowest BCUT2D eigenvalue weighted by molar-refractivity contribution is -0.128. The van der Waals surface area contributed by atoms with Gasteiger partial charge in [-0.1, -0.05) is 42.5 Å². The normalized spacial score (nSPS) is 16.8. The topological polar surface area (TPSA) is 40.6 Å². The Morgan fingerprint density at radius 1 is 1.08 bits per heavy atom. The first-order valence-corrected chi connectivity index (χ1v) is 10.0. The highest BCUT2D eigenvalue weighted by atomic mass is 32.2. The number of rotatable bonds is 6. The lowest BCUT2D eigenvalue weighted by Gasteiger charge is -2.25. The Morgan fingerprint density at radius 2 is 1.73 bits per heavy atom. The van der Waals surface area contributed by atoms with Gasteiger partial charge >= 0.3 is 0 Å². The number of carbonyl (C=O) groups is 2. The van der Waals surface area contributed by atoms with Gasteiger partial charge in [0.05, 0.1) is 5.75 Å². The molecule has 1 aliphatic heterocycles. The third-order valence-corrected chi connectivity index (χ3v) is 5.91. The first-order valence-electron chi connectivity index (χ1n) is 8.98. The zero-order valence-corrected chi connectivity index (χ0v) is 16.0. The lowest BCUT2D eigenvalue weighted by atomic mass is 10.1. The van der Waals surface area contributed by atoms with Crippen LogP contribution in [0.2, 0.25) is 0 Å². The number of benzene rings is 2. The molecule has 0 aliphatic carbocycles. The average molecular weight is 369 g/mol. The molecule has 0 bridgehead atoms. The van der Waals surface area contributed by atoms with Crippen LogP contribution in [0.5, 0.6) is 0 Å². The largest absolute Gasteiger partial charge is 0.339 e. The highest BCUT2D eigenvalue weighted by Gasteiger charge is 2.32. The number of hydrogen-bond acceptors (Lipinski definition) is 3. The van der Waals surface area contributed by atoms with Crippen LogP contribution < -0.4 is 0 Å². The van der Waals surface area contributed by atoms with Gasteiger partial charge in [-0.3, -0.25) is 9.59 Å². The molecular weight excluding hydrogens is 344 g/mol. The summed E-state index contributed by atoms with van der Waals surface area (Å²) in [6, 6.07) is 17.7. The van der Waals surface area contributed by atoms with Gasteiger partial charge in [0.15, 0.2) is 0 Å². The van der Waals surface area contributed by atoms with E-state index in [2.05, 4.69) is 0 Å². The standard InChI is InChI=1S/C21H24N2O2S/c1-3-22(4-2)20(25)17-10-12-18(13-11-17)21-23(19(24)15-26-21)14-16-8-6-5-7-9-16/h5-13,21H,3-4,14-15H2,1-2H3/t21-/m1/s1. The summed E-state index contributed by atoms with van der Waals surface area (Å²) in [5.41, 5.74) is 2.89. The molecule has 1 atom stereocenters. The maximum atomic E-state index is 12.5. The van der Waals surface area contributed by atoms with Crippen molar-refractivity contribution >= 4 is 23.6 Å². The Kier molecular flexibility index (Phi) is 5.99. The fraction of sp³-hybridized carbons (Fsp3) is 0.333. The maximum Gasteiger partial charge on any atom is 0.253 e. The summed E-state index contributed by atoms with van der Waals surface area (Å²) in [6.07, 6.45) is 0. The van der Waals surface area contributed by atoms with Gasteiger partial charge in [0.25, 0.3) is 5.91 Å². The molecule has 1 aliphatic rings. The maximum absolute atomic E-state index is 12.5. The molecule has 2 aromatic rings. The number of hydrogen-bond donors (Lipinski definition) is 0. The number of carbonyl (C=O) groups excluding carboxylic acids is 2. The second kappa shape index (κ2) is 8.41. The van der Waals surface area contributed by atoms with E-state index in [1.54, 1.807) is 11.8 Å². The lowest BCUT2D eigenvalue weighted by Crippen LogP contribution is -2.30. The van der Waals surface area contributed by atoms with Crippen LogP contribution in [0.25, 0.3) is 0 Å². The monoisotopic (exact) mass is 368 g/mol. The minimum Gasteiger partial charge on any atom is -0.339 e. The number of thioether (sulfide) groups is 1. The summed E-state index contributed by atoms with van der Waals surface area (Å²) in [4.78, 5) is 28.5. The third kappa shape index (κ3) is 3.93. The highest BCUT2D eigenvalue weighted by Crippen LogP contribution is 2.39. The van der Waals surface area contributed by atoms with E-state index in [1.807, 2.05) is 78.2 Å². The first kappa shape index (κ1) is 18.5. The Morgan fingerprint density at radius 3 is 2.35 bits per heavy atom. The fourth-order valence-corrected chi connectivity index (χ4v) is 4.35. The van der Waals surface area contributed by atoms with Crippen LogP contribution in [0.1, 0.15) is 40.7 Å². The Hall–Kier alpha value is -2.27. The van der Waals surface area contributed by atoms with Crippen molar-refractivity contribution in [1.82, 2.24) is 9.80 Å². The van der Waals surface area contributed by atoms with Crippen molar-refractivity contribution in [3.63, 3.8) is 0 Å². The summed E-state index contributed by atoms with van der Waals surface area (Å²) < 4.78 is 0. The van der Waals surface area contributed by atoms with Crippen molar-refractivity contribution in [2.24, 2.45) is 0 Å². The molecule has 1 saturated heterocycles. The molecule has 1 heterocycles. The Bertz CT molecular complexity index is 757. The van der Waals surface area contributed by atoms with E-state index in [1.165, 1.54) is 0 Å². The van der Waals surface area contributed by atoms with Crippen LogP contribution in [0.4, 0.5) is 0 Å². The van der Waals surface area contributed by atoms with Crippen molar-refractivity contribution < 1.29 is 9.59 Å². The van der Waals surface area contributed by atoms with E-state index in [-0.39, 0.29) is 17.2 Å². The van der Waals surface area contributed by atoms with Crippen LogP contribution in [0, 0.1) is 0 Å².